The number of amides is 1. The molecule has 1 aliphatic heterocycles. The topological polar surface area (TPSA) is 109 Å². The average molecular weight is 316 g/mol. The van der Waals surface area contributed by atoms with E-state index in [1.165, 1.54) is 10.6 Å². The number of nitrogens with zero attached hydrogens (tertiary/aromatic N) is 2. The molecule has 2 rings (SSSR count). The van der Waals surface area contributed by atoms with E-state index in [1.54, 1.807) is 13.0 Å². The molecule has 1 aromatic rings. The minimum atomic E-state index is -3.12. The summed E-state index contributed by atoms with van der Waals surface area (Å²) in [6, 6.07) is 1.67. The Balaban J connectivity index is 1.98. The number of carbonyl (C=O) groups excluding carboxylic acids is 1. The van der Waals surface area contributed by atoms with Crippen LogP contribution in [0.25, 0.3) is 0 Å². The van der Waals surface area contributed by atoms with Crippen LogP contribution in [-0.4, -0.2) is 56.0 Å². The van der Waals surface area contributed by atoms with Crippen molar-refractivity contribution in [3.05, 3.63) is 23.2 Å². The summed E-state index contributed by atoms with van der Waals surface area (Å²) in [6.07, 6.45) is 1.22. The summed E-state index contributed by atoms with van der Waals surface area (Å²) in [5.74, 6) is 5.45. The van der Waals surface area contributed by atoms with Gasteiger partial charge in [-0.2, -0.15) is 4.31 Å². The number of aryl methyl sites for hydroxylation is 1. The van der Waals surface area contributed by atoms with Crippen LogP contribution in [0, 0.1) is 6.92 Å². The Kier molecular flexibility index (Phi) is 4.67. The van der Waals surface area contributed by atoms with Gasteiger partial charge in [0.15, 0.2) is 5.76 Å². The Hall–Kier alpha value is -1.42. The van der Waals surface area contributed by atoms with Crippen LogP contribution in [0.15, 0.2) is 10.5 Å². The summed E-state index contributed by atoms with van der Waals surface area (Å²) < 4.78 is 29.7. The SMILES string of the molecule is Cc1oc(C(=O)NN)cc1CN1CCN(S(C)(=O)=O)CC1. The molecule has 1 saturated heterocycles. The van der Waals surface area contributed by atoms with Crippen molar-refractivity contribution in [1.29, 1.82) is 0 Å². The van der Waals surface area contributed by atoms with Gasteiger partial charge in [-0.15, -0.1) is 0 Å². The molecule has 1 fully saturated rings. The van der Waals surface area contributed by atoms with Crippen LogP contribution in [0.1, 0.15) is 21.9 Å². The van der Waals surface area contributed by atoms with Crippen molar-refractivity contribution in [2.24, 2.45) is 5.84 Å². The second kappa shape index (κ2) is 6.14. The van der Waals surface area contributed by atoms with Gasteiger partial charge in [0.2, 0.25) is 10.0 Å². The lowest BCUT2D eigenvalue weighted by Crippen LogP contribution is -2.47. The van der Waals surface area contributed by atoms with E-state index >= 15 is 0 Å². The van der Waals surface area contributed by atoms with E-state index < -0.39 is 15.9 Å². The number of hydrogen-bond acceptors (Lipinski definition) is 6. The van der Waals surface area contributed by atoms with Gasteiger partial charge in [-0.25, -0.2) is 14.3 Å². The maximum absolute atomic E-state index is 11.5. The number of nitrogen functional groups attached to an aromatic ring is 1. The second-order valence-electron chi connectivity index (χ2n) is 5.10. The number of hydrazine groups is 1. The van der Waals surface area contributed by atoms with E-state index in [-0.39, 0.29) is 5.76 Å². The zero-order valence-electron chi connectivity index (χ0n) is 12.1. The van der Waals surface area contributed by atoms with Crippen molar-refractivity contribution < 1.29 is 17.6 Å². The molecule has 0 aliphatic carbocycles. The summed E-state index contributed by atoms with van der Waals surface area (Å²) in [6.45, 7) is 4.66. The highest BCUT2D eigenvalue weighted by Gasteiger charge is 2.24. The minimum Gasteiger partial charge on any atom is -0.456 e. The third-order valence-corrected chi connectivity index (χ3v) is 4.87. The molecular formula is C12H20N4O4S. The molecule has 2 heterocycles. The van der Waals surface area contributed by atoms with Gasteiger partial charge in [-0.05, 0) is 13.0 Å². The fourth-order valence-electron chi connectivity index (χ4n) is 2.32. The summed E-state index contributed by atoms with van der Waals surface area (Å²) in [7, 11) is -3.12. The van der Waals surface area contributed by atoms with Crippen LogP contribution in [0.5, 0.6) is 0 Å². The second-order valence-corrected chi connectivity index (χ2v) is 7.09. The third kappa shape index (κ3) is 3.82. The Morgan fingerprint density at radius 1 is 1.38 bits per heavy atom. The first-order valence-electron chi connectivity index (χ1n) is 6.59. The highest BCUT2D eigenvalue weighted by atomic mass is 32.2. The lowest BCUT2D eigenvalue weighted by Gasteiger charge is -2.33. The van der Waals surface area contributed by atoms with E-state index in [0.29, 0.717) is 38.5 Å². The van der Waals surface area contributed by atoms with Crippen LogP contribution in [-0.2, 0) is 16.6 Å². The molecule has 0 radical (unpaired) electrons. The highest BCUT2D eigenvalue weighted by molar-refractivity contribution is 7.88. The Morgan fingerprint density at radius 3 is 2.52 bits per heavy atom. The first-order valence-corrected chi connectivity index (χ1v) is 8.44. The lowest BCUT2D eigenvalue weighted by molar-refractivity contribution is 0.0924. The van der Waals surface area contributed by atoms with Gasteiger partial charge in [0.1, 0.15) is 5.76 Å². The highest BCUT2D eigenvalue weighted by Crippen LogP contribution is 2.18. The maximum atomic E-state index is 11.5. The Labute approximate surface area is 123 Å². The van der Waals surface area contributed by atoms with E-state index in [4.69, 9.17) is 10.3 Å². The molecule has 9 heteroatoms. The molecule has 0 atom stereocenters. The molecule has 8 nitrogen and oxygen atoms in total. The molecule has 0 bridgehead atoms. The van der Waals surface area contributed by atoms with Gasteiger partial charge in [0.25, 0.3) is 0 Å². The van der Waals surface area contributed by atoms with Gasteiger partial charge < -0.3 is 4.42 Å². The molecule has 0 spiro atoms. The fourth-order valence-corrected chi connectivity index (χ4v) is 3.15. The first kappa shape index (κ1) is 16.0. The number of rotatable bonds is 4. The standard InChI is InChI=1S/C12H20N4O4S/c1-9-10(7-11(20-9)12(17)14-13)8-15-3-5-16(6-4-15)21(2,18)19/h7H,3-6,8,13H2,1-2H3,(H,14,17). The van der Waals surface area contributed by atoms with Crippen LogP contribution in [0.4, 0.5) is 0 Å². The van der Waals surface area contributed by atoms with Crippen molar-refractivity contribution >= 4 is 15.9 Å². The van der Waals surface area contributed by atoms with Crippen molar-refractivity contribution in [2.75, 3.05) is 32.4 Å². The van der Waals surface area contributed by atoms with E-state index in [2.05, 4.69) is 4.90 Å². The van der Waals surface area contributed by atoms with Gasteiger partial charge in [-0.1, -0.05) is 0 Å². The van der Waals surface area contributed by atoms with Gasteiger partial charge in [-0.3, -0.25) is 15.1 Å². The zero-order valence-corrected chi connectivity index (χ0v) is 12.9. The molecule has 3 N–H and O–H groups in total. The molecule has 118 valence electrons. The van der Waals surface area contributed by atoms with Crippen LogP contribution in [0.2, 0.25) is 0 Å². The molecule has 1 aliphatic rings. The normalized spacial score (nSPS) is 17.9. The molecule has 0 unspecified atom stereocenters. The predicted octanol–water partition coefficient (Wildman–Crippen LogP) is -0.731. The third-order valence-electron chi connectivity index (χ3n) is 3.57. The van der Waals surface area contributed by atoms with Gasteiger partial charge in [0.05, 0.1) is 6.26 Å². The molecule has 21 heavy (non-hydrogen) atoms. The van der Waals surface area contributed by atoms with E-state index in [9.17, 15) is 13.2 Å². The summed E-state index contributed by atoms with van der Waals surface area (Å²) in [4.78, 5) is 13.5. The fraction of sp³-hybridized carbons (Fsp3) is 0.583. The van der Waals surface area contributed by atoms with Crippen molar-refractivity contribution in [3.8, 4) is 0 Å². The number of nitrogens with two attached hydrogens (primary N) is 1. The summed E-state index contributed by atoms with van der Waals surface area (Å²) in [5.41, 5.74) is 2.93. The number of sulfonamides is 1. The van der Waals surface area contributed by atoms with Crippen molar-refractivity contribution in [3.63, 3.8) is 0 Å². The van der Waals surface area contributed by atoms with Gasteiger partial charge in [0, 0.05) is 38.3 Å². The van der Waals surface area contributed by atoms with E-state index in [1.807, 2.05) is 5.43 Å². The molecule has 1 amide bonds. The number of furan rings is 1. The number of nitrogens with one attached hydrogen (secondary N) is 1. The van der Waals surface area contributed by atoms with Crippen LogP contribution < -0.4 is 11.3 Å². The average Bonchev–Trinajstić information content (AvgIpc) is 2.79. The Morgan fingerprint density at radius 2 is 2.00 bits per heavy atom. The summed E-state index contributed by atoms with van der Waals surface area (Å²) in [5, 5.41) is 0. The molecule has 0 saturated carbocycles. The van der Waals surface area contributed by atoms with E-state index in [0.717, 1.165) is 5.56 Å². The van der Waals surface area contributed by atoms with Crippen LogP contribution >= 0.6 is 0 Å². The number of piperazine rings is 1. The molecule has 1 aromatic heterocycles. The monoisotopic (exact) mass is 316 g/mol. The predicted molar refractivity (Wildman–Crippen MR) is 76.8 cm³/mol. The molecular weight excluding hydrogens is 296 g/mol. The largest absolute Gasteiger partial charge is 0.456 e. The Bertz CT molecular complexity index is 617. The molecule has 0 aromatic carbocycles. The number of carbonyl (C=O) groups is 1. The first-order chi connectivity index (χ1) is 9.81. The number of hydrogen-bond donors (Lipinski definition) is 2. The summed E-state index contributed by atoms with van der Waals surface area (Å²) >= 11 is 0. The minimum absolute atomic E-state index is 0.180. The zero-order chi connectivity index (χ0) is 15.6. The lowest BCUT2D eigenvalue weighted by atomic mass is 10.2. The van der Waals surface area contributed by atoms with Crippen molar-refractivity contribution in [1.82, 2.24) is 14.6 Å². The van der Waals surface area contributed by atoms with Gasteiger partial charge >= 0.3 is 5.91 Å². The van der Waals surface area contributed by atoms with Crippen LogP contribution in [0.3, 0.4) is 0 Å². The smallest absolute Gasteiger partial charge is 0.300 e. The maximum Gasteiger partial charge on any atom is 0.300 e. The quantitative estimate of drug-likeness (QED) is 0.430. The van der Waals surface area contributed by atoms with Crippen molar-refractivity contribution in [2.45, 2.75) is 13.5 Å².